The average Bonchev–Trinajstić information content (AvgIpc) is 3.70. The van der Waals surface area contributed by atoms with E-state index in [9.17, 15) is 41.2 Å². The number of hydrogen-bond donors (Lipinski definition) is 1. The molecule has 6 rings (SSSR count). The number of ether oxygens (including phenoxy) is 1. The molecule has 2 aliphatic heterocycles. The van der Waals surface area contributed by atoms with Gasteiger partial charge < -0.3 is 14.8 Å². The number of halogens is 3. The van der Waals surface area contributed by atoms with Gasteiger partial charge in [0, 0.05) is 11.5 Å². The van der Waals surface area contributed by atoms with Gasteiger partial charge in [-0.2, -0.15) is 18.3 Å². The van der Waals surface area contributed by atoms with Crippen LogP contribution in [-0.2, 0) is 25.8 Å². The summed E-state index contributed by atoms with van der Waals surface area (Å²) in [5.41, 5.74) is 0.930. The topological polar surface area (TPSA) is 179 Å². The number of imide groups is 1. The zero-order valence-corrected chi connectivity index (χ0v) is 29.0. The molecule has 2 unspecified atom stereocenters. The number of nitrogens with zero attached hydrogens (tertiary/aromatic N) is 6. The molecular formula is C34H32F3N7O8S. The fourth-order valence-corrected chi connectivity index (χ4v) is 6.78. The standard InChI is InChI=1S/C34H32F3N7O8S/c1-21-9-11-24(12-10-21)29-18-30(34(35,36)37)38-43(29)25-13-15-26(16-14-25)53(49,50)39-33(47)51-20-23-6-5-17-41(19-23)44(48)40-52-22(2)42-31(45)27-7-3-4-8-28(27)32(42)46/h3-4,7-16,18,22-23H,5-6,17,19-20H2,1-2H3,(H,39,47)/b44-40-. The molecule has 0 bridgehead atoms. The maximum atomic E-state index is 13.6. The summed E-state index contributed by atoms with van der Waals surface area (Å²) >= 11 is 0. The summed E-state index contributed by atoms with van der Waals surface area (Å²) in [6.45, 7) is 3.31. The maximum Gasteiger partial charge on any atom is 0.435 e. The number of hydrogen-bond acceptors (Lipinski definition) is 10. The van der Waals surface area contributed by atoms with E-state index >= 15 is 0 Å². The summed E-state index contributed by atoms with van der Waals surface area (Å²) in [4.78, 5) is 43.7. The Morgan fingerprint density at radius 1 is 1.06 bits per heavy atom. The SMILES string of the molecule is Cc1ccc(-c2cc(C(F)(F)F)nn2-c2ccc(S(=O)(=O)NC(=O)OCC3CCCN(/[N+]([O-])=N/OC(C)N4C(=O)c5ccccc5C4=O)C3)cc2)cc1. The number of alkyl halides is 3. The van der Waals surface area contributed by atoms with Gasteiger partial charge in [-0.05, 0) is 69.2 Å². The highest BCUT2D eigenvalue weighted by molar-refractivity contribution is 7.90. The third-order valence-electron chi connectivity index (χ3n) is 8.60. The third kappa shape index (κ3) is 7.93. The third-order valence-corrected chi connectivity index (χ3v) is 9.93. The van der Waals surface area contributed by atoms with Crippen LogP contribution in [0.3, 0.4) is 0 Å². The van der Waals surface area contributed by atoms with E-state index in [4.69, 9.17) is 9.57 Å². The molecule has 15 nitrogen and oxygen atoms in total. The van der Waals surface area contributed by atoms with Crippen LogP contribution < -0.4 is 4.72 Å². The van der Waals surface area contributed by atoms with Gasteiger partial charge in [-0.1, -0.05) is 42.0 Å². The molecule has 3 amide bonds. The molecule has 4 aromatic rings. The van der Waals surface area contributed by atoms with Crippen LogP contribution in [0.25, 0.3) is 16.9 Å². The van der Waals surface area contributed by atoms with Gasteiger partial charge in [0.2, 0.25) is 11.5 Å². The Labute approximate surface area is 300 Å². The van der Waals surface area contributed by atoms with Crippen molar-refractivity contribution >= 4 is 27.9 Å². The molecule has 1 N–H and O–H groups in total. The van der Waals surface area contributed by atoms with Crippen molar-refractivity contribution in [3.05, 3.63) is 106 Å². The highest BCUT2D eigenvalue weighted by Gasteiger charge is 2.40. The minimum atomic E-state index is -4.72. The van der Waals surface area contributed by atoms with E-state index in [0.717, 1.165) is 33.3 Å². The van der Waals surface area contributed by atoms with E-state index in [1.807, 2.05) is 6.92 Å². The Bertz CT molecular complexity index is 2140. The van der Waals surface area contributed by atoms with Crippen LogP contribution in [0.2, 0.25) is 0 Å². The van der Waals surface area contributed by atoms with Crippen molar-refractivity contribution in [2.75, 3.05) is 19.7 Å². The zero-order chi connectivity index (χ0) is 38.1. The van der Waals surface area contributed by atoms with Gasteiger partial charge in [-0.25, -0.2) is 27.5 Å². The molecular weight excluding hydrogens is 723 g/mol. The number of sulfonamides is 1. The Balaban J connectivity index is 1.04. The number of carbonyl (C=O) groups excluding carboxylic acids is 3. The zero-order valence-electron chi connectivity index (χ0n) is 28.2. The monoisotopic (exact) mass is 755 g/mol. The predicted molar refractivity (Wildman–Crippen MR) is 178 cm³/mol. The van der Waals surface area contributed by atoms with E-state index in [2.05, 4.69) is 10.4 Å². The normalized spacial score (nSPS) is 17.1. The Kier molecular flexibility index (Phi) is 10.1. The van der Waals surface area contributed by atoms with Gasteiger partial charge >= 0.3 is 12.3 Å². The lowest BCUT2D eigenvalue weighted by Gasteiger charge is -2.28. The quantitative estimate of drug-likeness (QED) is 0.0948. The molecule has 3 aromatic carbocycles. The highest BCUT2D eigenvalue weighted by atomic mass is 32.2. The van der Waals surface area contributed by atoms with Crippen LogP contribution in [0.1, 0.15) is 51.7 Å². The molecule has 2 aliphatic rings. The first-order valence-corrected chi connectivity index (χ1v) is 17.7. The first-order chi connectivity index (χ1) is 25.1. The van der Waals surface area contributed by atoms with Crippen LogP contribution in [-0.4, -0.2) is 76.9 Å². The van der Waals surface area contributed by atoms with Crippen LogP contribution in [0.5, 0.6) is 0 Å². The number of aromatic nitrogens is 2. The fourth-order valence-electron chi connectivity index (χ4n) is 5.88. The van der Waals surface area contributed by atoms with Gasteiger partial charge in [0.05, 0.1) is 52.1 Å². The lowest BCUT2D eigenvalue weighted by atomic mass is 10.0. The van der Waals surface area contributed by atoms with E-state index in [1.54, 1.807) is 41.1 Å². The van der Waals surface area contributed by atoms with Gasteiger partial charge in [-0.3, -0.25) is 9.59 Å². The van der Waals surface area contributed by atoms with Crippen molar-refractivity contribution in [1.29, 1.82) is 0 Å². The van der Waals surface area contributed by atoms with Crippen molar-refractivity contribution in [3.8, 4) is 16.9 Å². The first-order valence-electron chi connectivity index (χ1n) is 16.2. The van der Waals surface area contributed by atoms with E-state index < -0.39 is 51.9 Å². The average molecular weight is 756 g/mol. The van der Waals surface area contributed by atoms with Gasteiger partial charge in [0.25, 0.3) is 21.8 Å². The number of aryl methyl sites for hydroxylation is 1. The van der Waals surface area contributed by atoms with Gasteiger partial charge in [0.15, 0.2) is 5.69 Å². The lowest BCUT2D eigenvalue weighted by Crippen LogP contribution is -2.43. The summed E-state index contributed by atoms with van der Waals surface area (Å²) < 4.78 is 74.6. The smallest absolute Gasteiger partial charge is 0.435 e. The molecule has 278 valence electrons. The number of hydrazine groups is 1. The second kappa shape index (κ2) is 14.6. The van der Waals surface area contributed by atoms with E-state index in [0.29, 0.717) is 18.4 Å². The molecule has 1 fully saturated rings. The summed E-state index contributed by atoms with van der Waals surface area (Å²) in [6, 6.07) is 18.7. The van der Waals surface area contributed by atoms with E-state index in [-0.39, 0.29) is 52.1 Å². The van der Waals surface area contributed by atoms with Gasteiger partial charge in [0.1, 0.15) is 0 Å². The fraction of sp³-hybridized carbons (Fsp3) is 0.294. The maximum absolute atomic E-state index is 13.6. The number of fused-ring (bicyclic) bond motifs is 1. The van der Waals surface area contributed by atoms with Crippen molar-refractivity contribution < 1.29 is 50.5 Å². The Morgan fingerprint density at radius 2 is 1.70 bits per heavy atom. The minimum absolute atomic E-state index is 0.0628. The molecule has 1 aromatic heterocycles. The summed E-state index contributed by atoms with van der Waals surface area (Å²) in [5, 5.41) is 21.2. The summed E-state index contributed by atoms with van der Waals surface area (Å²) in [7, 11) is -4.45. The molecule has 53 heavy (non-hydrogen) atoms. The van der Waals surface area contributed by atoms with Gasteiger partial charge in [-0.15, -0.1) is 5.01 Å². The molecule has 0 radical (unpaired) electrons. The van der Waals surface area contributed by atoms with Crippen LogP contribution in [0.15, 0.2) is 89.0 Å². The molecule has 2 atom stereocenters. The Morgan fingerprint density at radius 3 is 2.32 bits per heavy atom. The molecule has 19 heteroatoms. The summed E-state index contributed by atoms with van der Waals surface area (Å²) in [5.74, 6) is -1.55. The van der Waals surface area contributed by atoms with Crippen molar-refractivity contribution in [1.82, 2.24) is 24.4 Å². The van der Waals surface area contributed by atoms with Crippen molar-refractivity contribution in [2.24, 2.45) is 11.2 Å². The number of benzene rings is 3. The first kappa shape index (κ1) is 36.8. The molecule has 0 aliphatic carbocycles. The number of piperidine rings is 1. The number of rotatable bonds is 10. The van der Waals surface area contributed by atoms with E-state index in [1.165, 1.54) is 36.2 Å². The predicted octanol–water partition coefficient (Wildman–Crippen LogP) is 5.44. The number of carbonyl (C=O) groups is 3. The van der Waals surface area contributed by atoms with Crippen LogP contribution in [0, 0.1) is 18.0 Å². The Hall–Kier alpha value is -5.98. The lowest BCUT2D eigenvalue weighted by molar-refractivity contribution is -0.715. The molecule has 1 saturated heterocycles. The second-order valence-corrected chi connectivity index (χ2v) is 14.1. The molecule has 0 spiro atoms. The number of nitrogens with one attached hydrogen (secondary N) is 1. The van der Waals surface area contributed by atoms with Crippen molar-refractivity contribution in [2.45, 2.75) is 44.0 Å². The summed E-state index contributed by atoms with van der Waals surface area (Å²) in [6.07, 6.45) is -6.16. The molecule has 0 saturated carbocycles. The van der Waals surface area contributed by atoms with Crippen molar-refractivity contribution in [3.63, 3.8) is 0 Å². The number of amides is 3. The largest absolute Gasteiger partial charge is 0.569 e. The molecule has 3 heterocycles. The highest BCUT2D eigenvalue weighted by Crippen LogP contribution is 2.33. The van der Waals surface area contributed by atoms with Crippen LogP contribution >= 0.6 is 0 Å². The second-order valence-electron chi connectivity index (χ2n) is 12.4. The minimum Gasteiger partial charge on any atom is -0.569 e. The van der Waals surface area contributed by atoms with Crippen LogP contribution in [0.4, 0.5) is 18.0 Å².